The molecule has 8 heteroatoms. The first-order valence-electron chi connectivity index (χ1n) is 8.18. The van der Waals surface area contributed by atoms with Crippen molar-refractivity contribution in [1.82, 2.24) is 0 Å². The summed E-state index contributed by atoms with van der Waals surface area (Å²) in [5.41, 5.74) is 0.822. The van der Waals surface area contributed by atoms with Gasteiger partial charge in [0.1, 0.15) is 16.5 Å². The Morgan fingerprint density at radius 2 is 1.43 bits per heavy atom. The van der Waals surface area contributed by atoms with Crippen molar-refractivity contribution in [1.29, 1.82) is 0 Å². The van der Waals surface area contributed by atoms with E-state index in [2.05, 4.69) is 0 Å². The summed E-state index contributed by atoms with van der Waals surface area (Å²) in [6, 6.07) is 5.47. The molecule has 0 saturated carbocycles. The number of halogens is 5. The van der Waals surface area contributed by atoms with Gasteiger partial charge in [0.2, 0.25) is 0 Å². The second kappa shape index (κ2) is 6.84. The molecule has 0 amide bonds. The van der Waals surface area contributed by atoms with Gasteiger partial charge in [0.15, 0.2) is 9.84 Å². The number of allylic oxidation sites excluding steroid dienone is 4. The van der Waals surface area contributed by atoms with E-state index in [0.717, 1.165) is 18.2 Å². The molecular weight excluding hydrogens is 399 g/mol. The number of benzene rings is 2. The summed E-state index contributed by atoms with van der Waals surface area (Å²) in [5, 5.41) is 0. The van der Waals surface area contributed by atoms with Crippen LogP contribution in [0.2, 0.25) is 0 Å². The zero-order chi connectivity index (χ0) is 20.9. The molecule has 148 valence electrons. The van der Waals surface area contributed by atoms with E-state index in [-0.39, 0.29) is 11.1 Å². The van der Waals surface area contributed by atoms with Crippen LogP contribution in [0, 0.1) is 18.6 Å². The first-order chi connectivity index (χ1) is 12.9. The number of alkyl halides is 3. The minimum atomic E-state index is -4.47. The Labute approximate surface area is 158 Å². The van der Waals surface area contributed by atoms with E-state index < -0.39 is 38.1 Å². The molecule has 2 nitrogen and oxygen atoms in total. The van der Waals surface area contributed by atoms with Crippen LogP contribution in [-0.2, 0) is 16.0 Å². The van der Waals surface area contributed by atoms with Gasteiger partial charge in [0, 0.05) is 6.26 Å². The van der Waals surface area contributed by atoms with Gasteiger partial charge >= 0.3 is 6.18 Å². The summed E-state index contributed by atoms with van der Waals surface area (Å²) in [4.78, 5) is -1.01. The van der Waals surface area contributed by atoms with Gasteiger partial charge in [-0.15, -0.1) is 0 Å². The number of hydrogen-bond acceptors (Lipinski definition) is 2. The molecule has 0 N–H and O–H groups in total. The van der Waals surface area contributed by atoms with Crippen molar-refractivity contribution in [3.63, 3.8) is 0 Å². The van der Waals surface area contributed by atoms with Crippen molar-refractivity contribution in [2.75, 3.05) is 6.26 Å². The molecule has 0 radical (unpaired) electrons. The van der Waals surface area contributed by atoms with E-state index >= 15 is 0 Å². The number of hydrogen-bond donors (Lipinski definition) is 0. The van der Waals surface area contributed by atoms with E-state index in [1.54, 1.807) is 12.2 Å². The monoisotopic (exact) mass is 414 g/mol. The molecule has 0 unspecified atom stereocenters. The number of aryl methyl sites for hydroxylation is 1. The van der Waals surface area contributed by atoms with Crippen LogP contribution in [0.25, 0.3) is 11.1 Å². The Morgan fingerprint density at radius 1 is 0.893 bits per heavy atom. The Balaban J connectivity index is 2.05. The van der Waals surface area contributed by atoms with Crippen LogP contribution in [0.5, 0.6) is 0 Å². The van der Waals surface area contributed by atoms with E-state index in [1.807, 2.05) is 0 Å². The van der Waals surface area contributed by atoms with Crippen LogP contribution in [-0.4, -0.2) is 14.7 Å². The summed E-state index contributed by atoms with van der Waals surface area (Å²) < 4.78 is 90.5. The number of sulfone groups is 1. The molecule has 0 aliphatic heterocycles. The van der Waals surface area contributed by atoms with Crippen molar-refractivity contribution in [3.8, 4) is 0 Å². The standard InChI is InChI=1S/C20H15F5O2S/c1-11-8-12(6-7-16(11)20(23,24)25)14-4-3-5-15(14)13-9-17(21)19(18(22)10-13)28(2,26)27/h4-10H,3H2,1-2H3. The van der Waals surface area contributed by atoms with Crippen molar-refractivity contribution in [2.24, 2.45) is 0 Å². The van der Waals surface area contributed by atoms with E-state index in [9.17, 15) is 30.4 Å². The highest BCUT2D eigenvalue weighted by molar-refractivity contribution is 7.90. The molecule has 0 spiro atoms. The highest BCUT2D eigenvalue weighted by atomic mass is 32.2. The Hall–Kier alpha value is -2.48. The van der Waals surface area contributed by atoms with E-state index in [4.69, 9.17) is 0 Å². The Morgan fingerprint density at radius 3 is 1.89 bits per heavy atom. The largest absolute Gasteiger partial charge is 0.416 e. The molecule has 28 heavy (non-hydrogen) atoms. The topological polar surface area (TPSA) is 34.1 Å². The van der Waals surface area contributed by atoms with Gasteiger partial charge in [-0.05, 0) is 59.4 Å². The predicted octanol–water partition coefficient (Wildman–Crippen LogP) is 5.57. The fraction of sp³-hybridized carbons (Fsp3) is 0.200. The third kappa shape index (κ3) is 3.73. The highest BCUT2D eigenvalue weighted by Gasteiger charge is 2.32. The average Bonchev–Trinajstić information content (AvgIpc) is 3.00. The molecule has 1 aliphatic rings. The van der Waals surface area contributed by atoms with Crippen molar-refractivity contribution >= 4 is 21.0 Å². The van der Waals surface area contributed by atoms with Gasteiger partial charge in [-0.2, -0.15) is 13.2 Å². The fourth-order valence-electron chi connectivity index (χ4n) is 3.28. The quantitative estimate of drug-likeness (QED) is 0.616. The lowest BCUT2D eigenvalue weighted by atomic mass is 9.92. The lowest BCUT2D eigenvalue weighted by molar-refractivity contribution is -0.138. The molecule has 0 atom stereocenters. The SMILES string of the molecule is Cc1cc(C2=CCC=C2c2cc(F)c(S(C)(=O)=O)c(F)c2)ccc1C(F)(F)F. The van der Waals surface area contributed by atoms with Gasteiger partial charge in [-0.1, -0.05) is 24.3 Å². The summed E-state index contributed by atoms with van der Waals surface area (Å²) in [6.45, 7) is 1.34. The van der Waals surface area contributed by atoms with Crippen LogP contribution in [0.15, 0.2) is 47.4 Å². The molecule has 3 rings (SSSR count). The first-order valence-corrected chi connectivity index (χ1v) is 10.1. The van der Waals surface area contributed by atoms with Crippen molar-refractivity contribution in [3.05, 3.63) is 76.4 Å². The Bertz CT molecular complexity index is 1100. The first kappa shape index (κ1) is 20.3. The fourth-order valence-corrected chi connectivity index (χ4v) is 4.11. The molecule has 0 aromatic heterocycles. The third-order valence-corrected chi connectivity index (χ3v) is 5.59. The molecule has 0 fully saturated rings. The van der Waals surface area contributed by atoms with Gasteiger partial charge in [0.05, 0.1) is 5.56 Å². The van der Waals surface area contributed by atoms with Gasteiger partial charge in [-0.3, -0.25) is 0 Å². The van der Waals surface area contributed by atoms with Gasteiger partial charge in [0.25, 0.3) is 0 Å². The minimum Gasteiger partial charge on any atom is -0.224 e. The lowest BCUT2D eigenvalue weighted by Crippen LogP contribution is -2.08. The second-order valence-corrected chi connectivity index (χ2v) is 8.49. The summed E-state index contributed by atoms with van der Waals surface area (Å²) in [5.74, 6) is -2.43. The summed E-state index contributed by atoms with van der Waals surface area (Å²) >= 11 is 0. The zero-order valence-electron chi connectivity index (χ0n) is 14.9. The normalized spacial score (nSPS) is 14.8. The van der Waals surface area contributed by atoms with Gasteiger partial charge in [-0.25, -0.2) is 17.2 Å². The zero-order valence-corrected chi connectivity index (χ0v) is 15.7. The van der Waals surface area contributed by atoms with Crippen LogP contribution in [0.3, 0.4) is 0 Å². The smallest absolute Gasteiger partial charge is 0.224 e. The van der Waals surface area contributed by atoms with Crippen molar-refractivity contribution < 1.29 is 30.4 Å². The maximum atomic E-state index is 14.2. The van der Waals surface area contributed by atoms with Crippen molar-refractivity contribution in [2.45, 2.75) is 24.4 Å². The van der Waals surface area contributed by atoms with Crippen LogP contribution >= 0.6 is 0 Å². The van der Waals surface area contributed by atoms with E-state index in [0.29, 0.717) is 29.4 Å². The molecule has 0 saturated heterocycles. The summed E-state index contributed by atoms with van der Waals surface area (Å²) in [6.07, 6.45) is 0.0779. The minimum absolute atomic E-state index is 0.0296. The highest BCUT2D eigenvalue weighted by Crippen LogP contribution is 2.40. The number of rotatable bonds is 3. The molecule has 2 aromatic rings. The molecule has 2 aromatic carbocycles. The maximum absolute atomic E-state index is 14.2. The average molecular weight is 414 g/mol. The third-order valence-electron chi connectivity index (χ3n) is 4.46. The second-order valence-electron chi connectivity index (χ2n) is 6.54. The van der Waals surface area contributed by atoms with Gasteiger partial charge < -0.3 is 0 Å². The lowest BCUT2D eigenvalue weighted by Gasteiger charge is -2.15. The maximum Gasteiger partial charge on any atom is 0.416 e. The predicted molar refractivity (Wildman–Crippen MR) is 96.2 cm³/mol. The van der Waals surface area contributed by atoms with Crippen LogP contribution < -0.4 is 0 Å². The van der Waals surface area contributed by atoms with E-state index in [1.165, 1.54) is 19.1 Å². The van der Waals surface area contributed by atoms with Crippen LogP contribution in [0.1, 0.15) is 28.7 Å². The molecule has 0 bridgehead atoms. The molecular formula is C20H15F5O2S. The Kier molecular flexibility index (Phi) is 4.95. The molecule has 1 aliphatic carbocycles. The molecule has 0 heterocycles. The van der Waals surface area contributed by atoms with Crippen LogP contribution in [0.4, 0.5) is 22.0 Å². The summed E-state index contributed by atoms with van der Waals surface area (Å²) in [7, 11) is -4.09.